The number of unbranched alkanes of at least 4 members (excludes halogenated alkanes) is 5. The first kappa shape index (κ1) is 16.5. The van der Waals surface area contributed by atoms with Gasteiger partial charge in [-0.1, -0.05) is 87.9 Å². The molecule has 0 bridgehead atoms. The average Bonchev–Trinajstić information content (AvgIpc) is 2.53. The summed E-state index contributed by atoms with van der Waals surface area (Å²) in [6, 6.07) is 14.0. The largest absolute Gasteiger partial charge is 0.481 e. The van der Waals surface area contributed by atoms with Crippen molar-refractivity contribution < 1.29 is 9.90 Å². The van der Waals surface area contributed by atoms with Gasteiger partial charge in [0.25, 0.3) is 0 Å². The van der Waals surface area contributed by atoms with Crippen molar-refractivity contribution in [1.29, 1.82) is 0 Å². The van der Waals surface area contributed by atoms with Crippen LogP contribution in [0.2, 0.25) is 0 Å². The maximum Gasteiger partial charge on any atom is 0.310 e. The molecule has 0 aliphatic carbocycles. The van der Waals surface area contributed by atoms with E-state index in [1.807, 2.05) is 42.5 Å². The summed E-state index contributed by atoms with van der Waals surface area (Å²) in [7, 11) is 0. The van der Waals surface area contributed by atoms with Crippen LogP contribution in [0.25, 0.3) is 10.8 Å². The minimum atomic E-state index is -0.704. The zero-order valence-corrected chi connectivity index (χ0v) is 13.4. The summed E-state index contributed by atoms with van der Waals surface area (Å²) in [6.07, 6.45) is 7.87. The van der Waals surface area contributed by atoms with Crippen molar-refractivity contribution in [2.75, 3.05) is 0 Å². The van der Waals surface area contributed by atoms with Gasteiger partial charge in [0.2, 0.25) is 0 Å². The smallest absolute Gasteiger partial charge is 0.310 e. The minimum Gasteiger partial charge on any atom is -0.481 e. The Bertz CT molecular complexity index is 598. The van der Waals surface area contributed by atoms with Crippen LogP contribution in [0.1, 0.15) is 63.4 Å². The molecule has 0 heterocycles. The lowest BCUT2D eigenvalue weighted by Gasteiger charge is -2.15. The molecule has 0 amide bonds. The van der Waals surface area contributed by atoms with Crippen LogP contribution in [-0.4, -0.2) is 11.1 Å². The molecule has 2 heteroatoms. The van der Waals surface area contributed by atoms with Gasteiger partial charge in [0.05, 0.1) is 5.92 Å². The lowest BCUT2D eigenvalue weighted by Crippen LogP contribution is -2.12. The summed E-state index contributed by atoms with van der Waals surface area (Å²) in [5.74, 6) is -1.10. The highest BCUT2D eigenvalue weighted by atomic mass is 16.4. The SMILES string of the molecule is CCCCCCCCC(C(=O)O)c1cccc2ccccc12. The highest BCUT2D eigenvalue weighted by Crippen LogP contribution is 2.29. The van der Waals surface area contributed by atoms with Crippen molar-refractivity contribution in [2.24, 2.45) is 0 Å². The molecule has 2 nitrogen and oxygen atoms in total. The molecular formula is C20H26O2. The second kappa shape index (κ2) is 8.57. The van der Waals surface area contributed by atoms with Gasteiger partial charge in [-0.05, 0) is 22.8 Å². The van der Waals surface area contributed by atoms with Crippen molar-refractivity contribution in [3.8, 4) is 0 Å². The van der Waals surface area contributed by atoms with Crippen LogP contribution in [0.4, 0.5) is 0 Å². The summed E-state index contributed by atoms with van der Waals surface area (Å²) < 4.78 is 0. The molecule has 2 rings (SSSR count). The van der Waals surface area contributed by atoms with Crippen LogP contribution in [0.3, 0.4) is 0 Å². The topological polar surface area (TPSA) is 37.3 Å². The number of carbonyl (C=O) groups is 1. The number of fused-ring (bicyclic) bond motifs is 1. The highest BCUT2D eigenvalue weighted by molar-refractivity contribution is 5.90. The van der Waals surface area contributed by atoms with E-state index in [0.717, 1.165) is 35.6 Å². The van der Waals surface area contributed by atoms with Crippen LogP contribution in [0, 0.1) is 0 Å². The fourth-order valence-corrected chi connectivity index (χ4v) is 3.10. The van der Waals surface area contributed by atoms with E-state index in [2.05, 4.69) is 6.92 Å². The van der Waals surface area contributed by atoms with E-state index >= 15 is 0 Å². The second-order valence-electron chi connectivity index (χ2n) is 6.02. The average molecular weight is 298 g/mol. The summed E-state index contributed by atoms with van der Waals surface area (Å²) in [4.78, 5) is 11.7. The Kier molecular flexibility index (Phi) is 6.45. The number of hydrogen-bond donors (Lipinski definition) is 1. The molecule has 0 fully saturated rings. The van der Waals surface area contributed by atoms with Gasteiger partial charge in [-0.15, -0.1) is 0 Å². The number of benzene rings is 2. The monoisotopic (exact) mass is 298 g/mol. The first-order valence-electron chi connectivity index (χ1n) is 8.44. The van der Waals surface area contributed by atoms with Crippen LogP contribution in [0.15, 0.2) is 42.5 Å². The van der Waals surface area contributed by atoms with Crippen LogP contribution < -0.4 is 0 Å². The lowest BCUT2D eigenvalue weighted by molar-refractivity contribution is -0.139. The molecule has 1 atom stereocenters. The fourth-order valence-electron chi connectivity index (χ4n) is 3.10. The Labute approximate surface area is 133 Å². The van der Waals surface area contributed by atoms with Gasteiger partial charge in [0.1, 0.15) is 0 Å². The fraction of sp³-hybridized carbons (Fsp3) is 0.450. The van der Waals surface area contributed by atoms with Gasteiger partial charge < -0.3 is 5.11 Å². The zero-order chi connectivity index (χ0) is 15.8. The molecule has 1 unspecified atom stereocenters. The maximum absolute atomic E-state index is 11.7. The van der Waals surface area contributed by atoms with Crippen LogP contribution >= 0.6 is 0 Å². The first-order valence-corrected chi connectivity index (χ1v) is 8.44. The van der Waals surface area contributed by atoms with Gasteiger partial charge in [0.15, 0.2) is 0 Å². The molecule has 2 aromatic rings. The molecule has 0 spiro atoms. The standard InChI is InChI=1S/C20H26O2/c1-2-3-4-5-6-7-14-19(20(21)22)18-15-10-12-16-11-8-9-13-17(16)18/h8-13,15,19H,2-7,14H2,1H3,(H,21,22). The van der Waals surface area contributed by atoms with Crippen LogP contribution in [0.5, 0.6) is 0 Å². The highest BCUT2D eigenvalue weighted by Gasteiger charge is 2.21. The second-order valence-corrected chi connectivity index (χ2v) is 6.02. The van der Waals surface area contributed by atoms with Gasteiger partial charge in [-0.3, -0.25) is 4.79 Å². The number of aliphatic carboxylic acids is 1. The van der Waals surface area contributed by atoms with Gasteiger partial charge in [-0.25, -0.2) is 0 Å². The number of rotatable bonds is 9. The zero-order valence-electron chi connectivity index (χ0n) is 13.4. The van der Waals surface area contributed by atoms with E-state index in [-0.39, 0.29) is 0 Å². The minimum absolute atomic E-state index is 0.391. The van der Waals surface area contributed by atoms with Crippen molar-refractivity contribution in [1.82, 2.24) is 0 Å². The van der Waals surface area contributed by atoms with E-state index in [4.69, 9.17) is 0 Å². The lowest BCUT2D eigenvalue weighted by atomic mass is 9.89. The van der Waals surface area contributed by atoms with E-state index in [1.54, 1.807) is 0 Å². The summed E-state index contributed by atoms with van der Waals surface area (Å²) in [5, 5.41) is 11.8. The summed E-state index contributed by atoms with van der Waals surface area (Å²) in [6.45, 7) is 2.21. The third kappa shape index (κ3) is 4.33. The third-order valence-electron chi connectivity index (χ3n) is 4.34. The summed E-state index contributed by atoms with van der Waals surface area (Å²) >= 11 is 0. The normalized spacial score (nSPS) is 12.4. The Hall–Kier alpha value is -1.83. The molecule has 2 aromatic carbocycles. The predicted octanol–water partition coefficient (Wildman–Crippen LogP) is 5.76. The van der Waals surface area contributed by atoms with E-state index < -0.39 is 11.9 Å². The Morgan fingerprint density at radius 2 is 1.64 bits per heavy atom. The molecule has 0 aliphatic rings. The maximum atomic E-state index is 11.7. The molecule has 1 N–H and O–H groups in total. The Morgan fingerprint density at radius 1 is 0.955 bits per heavy atom. The Balaban J connectivity index is 2.05. The van der Waals surface area contributed by atoms with Gasteiger partial charge >= 0.3 is 5.97 Å². The number of hydrogen-bond acceptors (Lipinski definition) is 1. The Morgan fingerprint density at radius 3 is 2.41 bits per heavy atom. The molecule has 0 aliphatic heterocycles. The summed E-state index contributed by atoms with van der Waals surface area (Å²) in [5.41, 5.74) is 0.958. The van der Waals surface area contributed by atoms with E-state index in [9.17, 15) is 9.90 Å². The van der Waals surface area contributed by atoms with E-state index in [0.29, 0.717) is 0 Å². The van der Waals surface area contributed by atoms with Crippen molar-refractivity contribution in [3.05, 3.63) is 48.0 Å². The van der Waals surface area contributed by atoms with Crippen molar-refractivity contribution in [2.45, 2.75) is 57.8 Å². The number of carboxylic acid groups (broad SMARTS) is 1. The third-order valence-corrected chi connectivity index (χ3v) is 4.34. The quantitative estimate of drug-likeness (QED) is 0.598. The molecule has 0 saturated carbocycles. The molecule has 0 aromatic heterocycles. The van der Waals surface area contributed by atoms with Crippen LogP contribution in [-0.2, 0) is 4.79 Å². The molecular weight excluding hydrogens is 272 g/mol. The molecule has 22 heavy (non-hydrogen) atoms. The first-order chi connectivity index (χ1) is 10.7. The van der Waals surface area contributed by atoms with Crippen molar-refractivity contribution >= 4 is 16.7 Å². The molecule has 0 saturated heterocycles. The molecule has 118 valence electrons. The number of carboxylic acids is 1. The van der Waals surface area contributed by atoms with Gasteiger partial charge in [-0.2, -0.15) is 0 Å². The predicted molar refractivity (Wildman–Crippen MR) is 92.3 cm³/mol. The van der Waals surface area contributed by atoms with E-state index in [1.165, 1.54) is 25.7 Å². The van der Waals surface area contributed by atoms with Crippen molar-refractivity contribution in [3.63, 3.8) is 0 Å². The molecule has 0 radical (unpaired) electrons. The van der Waals surface area contributed by atoms with Gasteiger partial charge in [0, 0.05) is 0 Å².